The van der Waals surface area contributed by atoms with Gasteiger partial charge in [-0.15, -0.1) is 0 Å². The van der Waals surface area contributed by atoms with Gasteiger partial charge in [0.1, 0.15) is 5.75 Å². The van der Waals surface area contributed by atoms with Crippen molar-refractivity contribution in [3.63, 3.8) is 0 Å². The van der Waals surface area contributed by atoms with Gasteiger partial charge in [-0.3, -0.25) is 4.79 Å². The van der Waals surface area contributed by atoms with Crippen molar-refractivity contribution in [2.45, 2.75) is 50.9 Å². The van der Waals surface area contributed by atoms with Crippen LogP contribution in [0.4, 0.5) is 0 Å². The minimum atomic E-state index is -1.75. The second kappa shape index (κ2) is 5.07. The van der Waals surface area contributed by atoms with E-state index in [1.54, 1.807) is 13.2 Å². The lowest BCUT2D eigenvalue weighted by atomic mass is 9.76. The van der Waals surface area contributed by atoms with Gasteiger partial charge in [-0.1, -0.05) is 12.1 Å². The van der Waals surface area contributed by atoms with Crippen LogP contribution in [0.5, 0.6) is 5.75 Å². The molecule has 2 aliphatic carbocycles. The molecule has 0 saturated heterocycles. The Labute approximate surface area is 133 Å². The van der Waals surface area contributed by atoms with Crippen molar-refractivity contribution in [1.82, 2.24) is 0 Å². The average molecular weight is 316 g/mol. The molecular formula is C18H24O3Si. The number of ketones is 1. The maximum atomic E-state index is 12.8. The molecule has 3 nitrogen and oxygen atoms in total. The Morgan fingerprint density at radius 2 is 2.00 bits per heavy atom. The Balaban J connectivity index is 2.14. The van der Waals surface area contributed by atoms with E-state index in [4.69, 9.17) is 9.16 Å². The molecule has 0 saturated carbocycles. The molecule has 118 valence electrons. The van der Waals surface area contributed by atoms with E-state index in [0.717, 1.165) is 24.2 Å². The van der Waals surface area contributed by atoms with Crippen molar-refractivity contribution in [3.8, 4) is 5.75 Å². The van der Waals surface area contributed by atoms with Crippen LogP contribution in [0, 0.1) is 6.92 Å². The van der Waals surface area contributed by atoms with Gasteiger partial charge in [0.15, 0.2) is 14.1 Å². The molecule has 0 fully saturated rings. The number of rotatable bonds is 3. The van der Waals surface area contributed by atoms with Crippen LogP contribution in [0.3, 0.4) is 0 Å². The maximum absolute atomic E-state index is 12.8. The molecule has 0 radical (unpaired) electrons. The van der Waals surface area contributed by atoms with E-state index >= 15 is 0 Å². The van der Waals surface area contributed by atoms with Crippen molar-refractivity contribution in [2.75, 3.05) is 7.11 Å². The summed E-state index contributed by atoms with van der Waals surface area (Å²) in [5.74, 6) is 0.991. The van der Waals surface area contributed by atoms with Gasteiger partial charge in [0.25, 0.3) is 0 Å². The smallest absolute Gasteiger partial charge is 0.184 e. The number of carbonyl (C=O) groups is 1. The zero-order valence-electron chi connectivity index (χ0n) is 14.0. The summed E-state index contributed by atoms with van der Waals surface area (Å²) in [5.41, 5.74) is 2.89. The number of methoxy groups -OCH3 is 1. The van der Waals surface area contributed by atoms with Gasteiger partial charge in [0, 0.05) is 5.56 Å². The maximum Gasteiger partial charge on any atom is 0.184 e. The number of ether oxygens (including phenoxy) is 1. The van der Waals surface area contributed by atoms with E-state index in [-0.39, 0.29) is 11.9 Å². The van der Waals surface area contributed by atoms with Gasteiger partial charge in [-0.25, -0.2) is 0 Å². The molecule has 2 atom stereocenters. The minimum absolute atomic E-state index is 0.162. The van der Waals surface area contributed by atoms with E-state index in [2.05, 4.69) is 32.6 Å². The summed E-state index contributed by atoms with van der Waals surface area (Å²) < 4.78 is 12.0. The Bertz CT molecular complexity index is 657. The van der Waals surface area contributed by atoms with E-state index in [1.165, 1.54) is 11.1 Å². The second-order valence-corrected chi connectivity index (χ2v) is 11.8. The molecule has 0 heterocycles. The monoisotopic (exact) mass is 316 g/mol. The molecule has 22 heavy (non-hydrogen) atoms. The van der Waals surface area contributed by atoms with Crippen LogP contribution in [0.15, 0.2) is 24.3 Å². The predicted octanol–water partition coefficient (Wildman–Crippen LogP) is 3.55. The zero-order valence-corrected chi connectivity index (χ0v) is 15.0. The van der Waals surface area contributed by atoms with Crippen molar-refractivity contribution < 1.29 is 14.0 Å². The first kappa shape index (κ1) is 15.5. The fraction of sp³-hybridized carbons (Fsp3) is 0.500. The summed E-state index contributed by atoms with van der Waals surface area (Å²) in [4.78, 5) is 12.8. The topological polar surface area (TPSA) is 35.5 Å². The quantitative estimate of drug-likeness (QED) is 0.800. The Kier molecular flexibility index (Phi) is 3.57. The minimum Gasteiger partial charge on any atom is -0.496 e. The molecule has 2 aliphatic rings. The molecule has 1 unspecified atom stereocenters. The zero-order chi connectivity index (χ0) is 16.1. The number of aryl methyl sites for hydroxylation is 2. The number of allylic oxidation sites excluding steroid dienone is 1. The van der Waals surface area contributed by atoms with Crippen LogP contribution < -0.4 is 4.74 Å². The molecule has 0 aromatic heterocycles. The summed E-state index contributed by atoms with van der Waals surface area (Å²) in [6.07, 6.45) is 5.22. The van der Waals surface area contributed by atoms with Crippen LogP contribution in [0.2, 0.25) is 19.6 Å². The molecular weight excluding hydrogens is 292 g/mol. The first-order chi connectivity index (χ1) is 10.3. The third-order valence-electron chi connectivity index (χ3n) is 4.61. The summed E-state index contributed by atoms with van der Waals surface area (Å²) in [6.45, 7) is 8.57. The highest BCUT2D eigenvalue weighted by atomic mass is 28.4. The SMILES string of the molecule is COc1cc(C)cc2c1C1(CC2)C(=O)C=C[C@@H]1O[Si](C)(C)C. The Morgan fingerprint density at radius 3 is 2.64 bits per heavy atom. The molecule has 3 rings (SSSR count). The molecule has 1 spiro atoms. The number of benzene rings is 1. The lowest BCUT2D eigenvalue weighted by Gasteiger charge is -2.35. The highest BCUT2D eigenvalue weighted by molar-refractivity contribution is 6.69. The van der Waals surface area contributed by atoms with Crippen LogP contribution in [0.25, 0.3) is 0 Å². The first-order valence-corrected chi connectivity index (χ1v) is 11.3. The summed E-state index contributed by atoms with van der Waals surface area (Å²) in [6, 6.07) is 4.22. The van der Waals surface area contributed by atoms with Crippen molar-refractivity contribution >= 4 is 14.1 Å². The average Bonchev–Trinajstić information content (AvgIpc) is 2.94. The molecule has 4 heteroatoms. The molecule has 0 N–H and O–H groups in total. The highest BCUT2D eigenvalue weighted by Crippen LogP contribution is 2.51. The third-order valence-corrected chi connectivity index (χ3v) is 5.57. The van der Waals surface area contributed by atoms with E-state index in [1.807, 2.05) is 12.1 Å². The summed E-state index contributed by atoms with van der Waals surface area (Å²) in [7, 11) is -0.0666. The molecule has 0 bridgehead atoms. The highest BCUT2D eigenvalue weighted by Gasteiger charge is 2.55. The van der Waals surface area contributed by atoms with Crippen molar-refractivity contribution in [3.05, 3.63) is 41.0 Å². The van der Waals surface area contributed by atoms with Gasteiger partial charge in [0.05, 0.1) is 18.6 Å². The number of hydrogen-bond acceptors (Lipinski definition) is 3. The molecule has 1 aromatic rings. The van der Waals surface area contributed by atoms with Gasteiger partial charge in [-0.05, 0) is 62.7 Å². The van der Waals surface area contributed by atoms with Crippen LogP contribution in [-0.2, 0) is 21.1 Å². The predicted molar refractivity (Wildman–Crippen MR) is 90.1 cm³/mol. The lowest BCUT2D eigenvalue weighted by Crippen LogP contribution is -2.45. The van der Waals surface area contributed by atoms with Gasteiger partial charge in [-0.2, -0.15) is 0 Å². The Hall–Kier alpha value is -1.39. The number of carbonyl (C=O) groups excluding carboxylic acids is 1. The van der Waals surface area contributed by atoms with Crippen LogP contribution in [-0.4, -0.2) is 27.3 Å². The number of hydrogen-bond donors (Lipinski definition) is 0. The van der Waals surface area contributed by atoms with E-state index in [9.17, 15) is 4.79 Å². The molecule has 1 aromatic carbocycles. The molecule has 0 amide bonds. The van der Waals surface area contributed by atoms with Crippen LogP contribution >= 0.6 is 0 Å². The van der Waals surface area contributed by atoms with Gasteiger partial charge < -0.3 is 9.16 Å². The van der Waals surface area contributed by atoms with Crippen molar-refractivity contribution in [1.29, 1.82) is 0 Å². The van der Waals surface area contributed by atoms with Gasteiger partial charge >= 0.3 is 0 Å². The first-order valence-electron chi connectivity index (χ1n) is 7.86. The van der Waals surface area contributed by atoms with Gasteiger partial charge in [0.2, 0.25) is 0 Å². The van der Waals surface area contributed by atoms with Crippen LogP contribution in [0.1, 0.15) is 23.1 Å². The second-order valence-electron chi connectivity index (χ2n) is 7.35. The van der Waals surface area contributed by atoms with E-state index in [0.29, 0.717) is 0 Å². The molecule has 0 aliphatic heterocycles. The third kappa shape index (κ3) is 2.25. The largest absolute Gasteiger partial charge is 0.496 e. The number of fused-ring (bicyclic) bond motifs is 2. The van der Waals surface area contributed by atoms with Crippen molar-refractivity contribution in [2.24, 2.45) is 0 Å². The Morgan fingerprint density at radius 1 is 1.27 bits per heavy atom. The summed E-state index contributed by atoms with van der Waals surface area (Å²) in [5, 5.41) is 0. The van der Waals surface area contributed by atoms with E-state index < -0.39 is 13.7 Å². The lowest BCUT2D eigenvalue weighted by molar-refractivity contribution is -0.121. The fourth-order valence-corrected chi connectivity index (χ4v) is 4.87. The summed E-state index contributed by atoms with van der Waals surface area (Å²) >= 11 is 0. The standard InChI is InChI=1S/C18H24O3Si/c1-12-10-13-8-9-18(17(13)14(11-12)20-2)15(19)6-7-16(18)21-22(3,4)5/h6-7,10-11,16H,8-9H2,1-5H3/t16-,18?/m0/s1. The normalized spacial score (nSPS) is 26.8. The fourth-order valence-electron chi connectivity index (χ4n) is 3.83.